The summed E-state index contributed by atoms with van der Waals surface area (Å²) in [5.41, 5.74) is 0. The predicted molar refractivity (Wildman–Crippen MR) is 68.7 cm³/mol. The second-order valence-electron chi connectivity index (χ2n) is 5.73. The van der Waals surface area contributed by atoms with Gasteiger partial charge in [0.1, 0.15) is 0 Å². The van der Waals surface area contributed by atoms with Gasteiger partial charge in [-0.15, -0.1) is 0 Å². The second kappa shape index (κ2) is 5.48. The van der Waals surface area contributed by atoms with Crippen LogP contribution in [0.2, 0.25) is 0 Å². The molecule has 2 saturated heterocycles. The Morgan fingerprint density at radius 3 is 2.44 bits per heavy atom. The molecule has 3 nitrogen and oxygen atoms in total. The first-order chi connectivity index (χ1) is 7.70. The number of piperidine rings is 2. The van der Waals surface area contributed by atoms with E-state index in [-0.39, 0.29) is 0 Å². The zero-order valence-corrected chi connectivity index (χ0v) is 11.1. The van der Waals surface area contributed by atoms with E-state index in [1.165, 1.54) is 45.3 Å². The van der Waals surface area contributed by atoms with E-state index in [0.29, 0.717) is 0 Å². The lowest BCUT2D eigenvalue weighted by Crippen LogP contribution is -2.56. The van der Waals surface area contributed by atoms with E-state index >= 15 is 0 Å². The van der Waals surface area contributed by atoms with E-state index in [1.54, 1.807) is 0 Å². The van der Waals surface area contributed by atoms with E-state index < -0.39 is 0 Å². The number of hydrogen-bond acceptors (Lipinski definition) is 3. The smallest absolute Gasteiger partial charge is 0.0277 e. The minimum Gasteiger partial charge on any atom is -0.317 e. The Hall–Kier alpha value is -0.120. The summed E-state index contributed by atoms with van der Waals surface area (Å²) in [7, 11) is 6.82. The van der Waals surface area contributed by atoms with Crippen molar-refractivity contribution in [1.82, 2.24) is 15.1 Å². The lowest BCUT2D eigenvalue weighted by Gasteiger charge is -2.47. The summed E-state index contributed by atoms with van der Waals surface area (Å²) >= 11 is 0. The molecule has 0 spiro atoms. The lowest BCUT2D eigenvalue weighted by atomic mass is 9.81. The Morgan fingerprint density at radius 1 is 1.12 bits per heavy atom. The quantitative estimate of drug-likeness (QED) is 0.757. The summed E-state index contributed by atoms with van der Waals surface area (Å²) < 4.78 is 0. The summed E-state index contributed by atoms with van der Waals surface area (Å²) in [4.78, 5) is 5.06. The Labute approximate surface area is 100 Å². The maximum atomic E-state index is 3.48. The first-order valence-electron chi connectivity index (χ1n) is 6.77. The summed E-state index contributed by atoms with van der Waals surface area (Å²) in [6.07, 6.45) is 5.46. The molecule has 94 valence electrons. The fraction of sp³-hybridized carbons (Fsp3) is 1.00. The van der Waals surface area contributed by atoms with E-state index in [0.717, 1.165) is 18.0 Å². The maximum Gasteiger partial charge on any atom is 0.0277 e. The van der Waals surface area contributed by atoms with Gasteiger partial charge in [-0.3, -0.25) is 0 Å². The molecule has 2 rings (SSSR count). The molecule has 2 atom stereocenters. The predicted octanol–water partition coefficient (Wildman–Crippen LogP) is 1.01. The Bertz CT molecular complexity index is 211. The highest BCUT2D eigenvalue weighted by atomic mass is 15.2. The highest BCUT2D eigenvalue weighted by molar-refractivity contribution is 4.93. The standard InChI is InChI=1S/C13H27N3/c1-15(2)12-5-4-10-16(3)13(12)11-6-8-14-9-7-11/h11-14H,4-10H2,1-3H3. The molecule has 3 heteroatoms. The molecule has 0 saturated carbocycles. The van der Waals surface area contributed by atoms with Crippen LogP contribution in [0.15, 0.2) is 0 Å². The van der Waals surface area contributed by atoms with Crippen molar-refractivity contribution in [3.05, 3.63) is 0 Å². The first-order valence-corrected chi connectivity index (χ1v) is 6.77. The molecule has 0 aromatic carbocycles. The highest BCUT2D eigenvalue weighted by Crippen LogP contribution is 2.30. The van der Waals surface area contributed by atoms with Crippen LogP contribution in [0.5, 0.6) is 0 Å². The summed E-state index contributed by atoms with van der Waals surface area (Å²) in [5.74, 6) is 0.902. The van der Waals surface area contributed by atoms with Crippen molar-refractivity contribution >= 4 is 0 Å². The number of hydrogen-bond donors (Lipinski definition) is 1. The van der Waals surface area contributed by atoms with Gasteiger partial charge >= 0.3 is 0 Å². The number of likely N-dealkylation sites (tertiary alicyclic amines) is 1. The van der Waals surface area contributed by atoms with Crippen LogP contribution < -0.4 is 5.32 Å². The fourth-order valence-corrected chi connectivity index (χ4v) is 3.59. The fourth-order valence-electron chi connectivity index (χ4n) is 3.59. The molecule has 2 unspecified atom stereocenters. The number of nitrogens with zero attached hydrogens (tertiary/aromatic N) is 2. The van der Waals surface area contributed by atoms with Crippen molar-refractivity contribution in [3.63, 3.8) is 0 Å². The van der Waals surface area contributed by atoms with Crippen LogP contribution in [0.25, 0.3) is 0 Å². The van der Waals surface area contributed by atoms with Gasteiger partial charge in [-0.25, -0.2) is 0 Å². The number of rotatable bonds is 2. The van der Waals surface area contributed by atoms with Crippen LogP contribution in [0.4, 0.5) is 0 Å². The molecule has 2 aliphatic rings. The summed E-state index contributed by atoms with van der Waals surface area (Å²) in [6, 6.07) is 1.55. The summed E-state index contributed by atoms with van der Waals surface area (Å²) in [5, 5.41) is 3.48. The highest BCUT2D eigenvalue weighted by Gasteiger charge is 2.36. The molecule has 0 aromatic rings. The third-order valence-electron chi connectivity index (χ3n) is 4.44. The maximum absolute atomic E-state index is 3.48. The van der Waals surface area contributed by atoms with Crippen LogP contribution in [0, 0.1) is 5.92 Å². The van der Waals surface area contributed by atoms with Gasteiger partial charge in [0, 0.05) is 12.1 Å². The molecule has 0 radical (unpaired) electrons. The molecule has 0 aliphatic carbocycles. The van der Waals surface area contributed by atoms with Crippen LogP contribution in [-0.2, 0) is 0 Å². The third-order valence-corrected chi connectivity index (χ3v) is 4.44. The van der Waals surface area contributed by atoms with E-state index in [2.05, 4.69) is 36.3 Å². The average molecular weight is 225 g/mol. The molecular formula is C13H27N3. The van der Waals surface area contributed by atoms with Crippen molar-refractivity contribution < 1.29 is 0 Å². The minimum atomic E-state index is 0.766. The minimum absolute atomic E-state index is 0.766. The van der Waals surface area contributed by atoms with Gasteiger partial charge in [0.2, 0.25) is 0 Å². The summed E-state index contributed by atoms with van der Waals surface area (Å²) in [6.45, 7) is 3.73. The Balaban J connectivity index is 2.05. The van der Waals surface area contributed by atoms with E-state index in [1.807, 2.05) is 0 Å². The van der Waals surface area contributed by atoms with Crippen LogP contribution in [0.1, 0.15) is 25.7 Å². The van der Waals surface area contributed by atoms with Crippen molar-refractivity contribution in [2.45, 2.75) is 37.8 Å². The van der Waals surface area contributed by atoms with Crippen molar-refractivity contribution in [2.24, 2.45) is 5.92 Å². The molecule has 0 aromatic heterocycles. The topological polar surface area (TPSA) is 18.5 Å². The average Bonchev–Trinajstić information content (AvgIpc) is 2.29. The van der Waals surface area contributed by atoms with Crippen LogP contribution in [-0.4, -0.2) is 62.7 Å². The van der Waals surface area contributed by atoms with Gasteiger partial charge in [0.05, 0.1) is 0 Å². The van der Waals surface area contributed by atoms with Crippen molar-refractivity contribution in [3.8, 4) is 0 Å². The largest absolute Gasteiger partial charge is 0.317 e. The molecule has 0 bridgehead atoms. The number of nitrogens with one attached hydrogen (secondary N) is 1. The van der Waals surface area contributed by atoms with Gasteiger partial charge in [-0.2, -0.15) is 0 Å². The van der Waals surface area contributed by atoms with Gasteiger partial charge in [0.15, 0.2) is 0 Å². The van der Waals surface area contributed by atoms with Crippen molar-refractivity contribution in [2.75, 3.05) is 40.8 Å². The SMILES string of the molecule is CN(C)C1CCCN(C)C1C1CCNCC1. The van der Waals surface area contributed by atoms with Crippen molar-refractivity contribution in [1.29, 1.82) is 0 Å². The lowest BCUT2D eigenvalue weighted by molar-refractivity contribution is 0.0353. The van der Waals surface area contributed by atoms with Gasteiger partial charge in [0.25, 0.3) is 0 Å². The molecule has 2 aliphatic heterocycles. The molecule has 16 heavy (non-hydrogen) atoms. The Kier molecular flexibility index (Phi) is 4.22. The zero-order chi connectivity index (χ0) is 11.5. The van der Waals surface area contributed by atoms with Crippen LogP contribution in [0.3, 0.4) is 0 Å². The Morgan fingerprint density at radius 2 is 1.81 bits per heavy atom. The zero-order valence-electron chi connectivity index (χ0n) is 11.1. The normalized spacial score (nSPS) is 34.5. The molecule has 1 N–H and O–H groups in total. The van der Waals surface area contributed by atoms with Crippen LogP contribution >= 0.6 is 0 Å². The molecular weight excluding hydrogens is 198 g/mol. The molecule has 0 amide bonds. The van der Waals surface area contributed by atoms with E-state index in [9.17, 15) is 0 Å². The monoisotopic (exact) mass is 225 g/mol. The van der Waals surface area contributed by atoms with Gasteiger partial charge in [-0.1, -0.05) is 0 Å². The van der Waals surface area contributed by atoms with E-state index in [4.69, 9.17) is 0 Å². The number of likely N-dealkylation sites (N-methyl/N-ethyl adjacent to an activating group) is 2. The molecule has 2 fully saturated rings. The first kappa shape index (κ1) is 12.3. The van der Waals surface area contributed by atoms with Gasteiger partial charge in [-0.05, 0) is 72.4 Å². The second-order valence-corrected chi connectivity index (χ2v) is 5.73. The van der Waals surface area contributed by atoms with Gasteiger partial charge < -0.3 is 15.1 Å². The molecule has 2 heterocycles. The third kappa shape index (κ3) is 2.58.